The number of rotatable bonds is 4. The number of halogens is 4. The van der Waals surface area contributed by atoms with E-state index in [2.05, 4.69) is 20.6 Å². The number of benzene rings is 1. The van der Waals surface area contributed by atoms with E-state index in [1.165, 1.54) is 6.20 Å². The van der Waals surface area contributed by atoms with Crippen LogP contribution in [0, 0.1) is 5.41 Å². The van der Waals surface area contributed by atoms with Crippen LogP contribution >= 0.6 is 11.6 Å². The number of amidine groups is 1. The van der Waals surface area contributed by atoms with Crippen molar-refractivity contribution in [1.29, 1.82) is 0 Å². The molecule has 0 amide bonds. The number of para-hydroxylation sites is 2. The van der Waals surface area contributed by atoms with Gasteiger partial charge < -0.3 is 14.8 Å². The Morgan fingerprint density at radius 1 is 1.21 bits per heavy atom. The van der Waals surface area contributed by atoms with E-state index in [4.69, 9.17) is 21.1 Å². The molecule has 1 aromatic carbocycles. The third kappa shape index (κ3) is 3.78. The largest absolute Gasteiger partial charge is 0.464 e. The van der Waals surface area contributed by atoms with Crippen LogP contribution in [0.25, 0.3) is 0 Å². The minimum absolute atomic E-state index is 0.174. The predicted molar refractivity (Wildman–Crippen MR) is 102 cm³/mol. The number of hydrogen-bond acceptors (Lipinski definition) is 6. The number of aliphatic imine (C=N–C) groups is 1. The Kier molecular flexibility index (Phi) is 5.16. The average molecular weight is 427 g/mol. The molecule has 1 aromatic heterocycles. The maximum Gasteiger partial charge on any atom is 0.359 e. The number of nitrogens with zero attached hydrogens (tertiary/aromatic N) is 2. The number of nitrogens with one attached hydrogen (secondary N) is 2. The molecule has 0 bridgehead atoms. The van der Waals surface area contributed by atoms with Crippen molar-refractivity contribution in [3.8, 4) is 5.75 Å². The predicted octanol–water partition coefficient (Wildman–Crippen LogP) is 3.81. The molecule has 4 rings (SSSR count). The van der Waals surface area contributed by atoms with Crippen molar-refractivity contribution < 1.29 is 22.6 Å². The Morgan fingerprint density at radius 2 is 2.00 bits per heavy atom. The lowest BCUT2D eigenvalue weighted by Crippen LogP contribution is -2.59. The molecule has 154 valence electrons. The molecule has 0 radical (unpaired) electrons. The average Bonchev–Trinajstić information content (AvgIpc) is 2.74. The van der Waals surface area contributed by atoms with Crippen LogP contribution in [-0.2, 0) is 4.74 Å². The second-order valence-electron chi connectivity index (χ2n) is 7.02. The number of pyridine rings is 1. The van der Waals surface area contributed by atoms with Crippen LogP contribution in [0.15, 0.2) is 47.6 Å². The Bertz CT molecular complexity index is 911. The number of alkyl halides is 3. The lowest BCUT2D eigenvalue weighted by Gasteiger charge is -2.40. The maximum atomic E-state index is 16.1. The molecular weight excluding hydrogens is 409 g/mol. The van der Waals surface area contributed by atoms with Crippen molar-refractivity contribution >= 4 is 23.3 Å². The van der Waals surface area contributed by atoms with E-state index < -0.39 is 30.8 Å². The number of ether oxygens (including phenoxy) is 2. The normalized spacial score (nSPS) is 25.0. The van der Waals surface area contributed by atoms with Crippen LogP contribution < -0.4 is 15.4 Å². The van der Waals surface area contributed by atoms with Crippen molar-refractivity contribution in [2.75, 3.05) is 31.8 Å². The van der Waals surface area contributed by atoms with E-state index in [1.54, 1.807) is 36.4 Å². The Morgan fingerprint density at radius 3 is 2.66 bits per heavy atom. The molecule has 3 heterocycles. The minimum Gasteiger partial charge on any atom is -0.464 e. The minimum atomic E-state index is -2.54. The fourth-order valence-corrected chi connectivity index (χ4v) is 3.14. The van der Waals surface area contributed by atoms with Gasteiger partial charge in [-0.3, -0.25) is 19.1 Å². The molecule has 2 aromatic rings. The highest BCUT2D eigenvalue weighted by Gasteiger charge is 2.49. The monoisotopic (exact) mass is 426 g/mol. The SMILES string of the molecule is FCC1(CF)CN=C(NC2(F)Oc3ccccc3N[C@@H]2c2ccc(Cl)cn2)OC1. The Labute approximate surface area is 170 Å². The first kappa shape index (κ1) is 19.6. The van der Waals surface area contributed by atoms with Crippen LogP contribution in [0.3, 0.4) is 0 Å². The molecule has 2 aliphatic heterocycles. The fourth-order valence-electron chi connectivity index (χ4n) is 3.03. The van der Waals surface area contributed by atoms with Crippen LogP contribution in [0.1, 0.15) is 11.7 Å². The van der Waals surface area contributed by atoms with E-state index in [9.17, 15) is 8.78 Å². The Hall–Kier alpha value is -2.68. The summed E-state index contributed by atoms with van der Waals surface area (Å²) in [6.07, 6.45) is 1.39. The summed E-state index contributed by atoms with van der Waals surface area (Å²) in [4.78, 5) is 8.15. The van der Waals surface area contributed by atoms with Gasteiger partial charge >= 0.3 is 5.98 Å². The summed E-state index contributed by atoms with van der Waals surface area (Å²) >= 11 is 5.89. The van der Waals surface area contributed by atoms with E-state index >= 15 is 4.39 Å². The lowest BCUT2D eigenvalue weighted by atomic mass is 9.92. The first-order valence-electron chi connectivity index (χ1n) is 8.89. The molecule has 1 unspecified atom stereocenters. The number of aromatic nitrogens is 1. The van der Waals surface area contributed by atoms with Gasteiger partial charge in [0.1, 0.15) is 25.7 Å². The first-order chi connectivity index (χ1) is 14.0. The summed E-state index contributed by atoms with van der Waals surface area (Å²) in [5.74, 6) is -2.27. The number of hydrogen-bond donors (Lipinski definition) is 2. The molecule has 2 aliphatic rings. The molecule has 0 aliphatic carbocycles. The van der Waals surface area contributed by atoms with Crippen LogP contribution in [-0.4, -0.2) is 43.5 Å². The number of fused-ring (bicyclic) bond motifs is 1. The van der Waals surface area contributed by atoms with Gasteiger partial charge in [0, 0.05) is 6.20 Å². The molecule has 0 saturated heterocycles. The standard InChI is InChI=1S/C19H18ClF3N4O2/c20-12-5-6-14(24-7-12)16-19(23,29-15-4-2-1-3-13(15)26-16)27-17-25-10-18(8-21,9-22)11-28-17/h1-7,16,26H,8-11H2,(H,25,27)/t16-,19?/m1/s1. The fraction of sp³-hybridized carbons (Fsp3) is 0.368. The van der Waals surface area contributed by atoms with Gasteiger partial charge in [-0.25, -0.2) is 4.99 Å². The summed E-state index contributed by atoms with van der Waals surface area (Å²) in [7, 11) is 0. The third-order valence-electron chi connectivity index (χ3n) is 4.78. The van der Waals surface area contributed by atoms with Gasteiger partial charge in [0.05, 0.1) is 28.4 Å². The van der Waals surface area contributed by atoms with Crippen LogP contribution in [0.4, 0.5) is 18.9 Å². The second-order valence-corrected chi connectivity index (χ2v) is 7.46. The zero-order valence-electron chi connectivity index (χ0n) is 15.2. The first-order valence-corrected chi connectivity index (χ1v) is 9.27. The summed E-state index contributed by atoms with van der Waals surface area (Å²) in [6, 6.07) is 8.68. The highest BCUT2D eigenvalue weighted by molar-refractivity contribution is 6.30. The van der Waals surface area contributed by atoms with Gasteiger partial charge in [-0.15, -0.1) is 0 Å². The van der Waals surface area contributed by atoms with Crippen molar-refractivity contribution in [2.24, 2.45) is 10.4 Å². The molecule has 29 heavy (non-hydrogen) atoms. The smallest absolute Gasteiger partial charge is 0.359 e. The molecule has 10 heteroatoms. The maximum absolute atomic E-state index is 16.1. The van der Waals surface area contributed by atoms with E-state index in [0.717, 1.165) is 0 Å². The zero-order chi connectivity index (χ0) is 20.5. The van der Waals surface area contributed by atoms with Gasteiger partial charge in [-0.2, -0.15) is 4.39 Å². The molecule has 0 spiro atoms. The summed E-state index contributed by atoms with van der Waals surface area (Å²) in [5, 5.41) is 5.94. The quantitative estimate of drug-likeness (QED) is 0.728. The zero-order valence-corrected chi connectivity index (χ0v) is 15.9. The molecule has 0 fully saturated rings. The van der Waals surface area contributed by atoms with Crippen LogP contribution in [0.2, 0.25) is 5.02 Å². The number of anilines is 1. The molecule has 0 saturated carbocycles. The van der Waals surface area contributed by atoms with Crippen molar-refractivity contribution in [3.63, 3.8) is 0 Å². The topological polar surface area (TPSA) is 67.8 Å². The summed E-state index contributed by atoms with van der Waals surface area (Å²) in [5.41, 5.74) is -0.453. The molecular formula is C19H18ClF3N4O2. The molecule has 2 atom stereocenters. The Balaban J connectivity index is 1.64. The van der Waals surface area contributed by atoms with E-state index in [0.29, 0.717) is 16.4 Å². The highest BCUT2D eigenvalue weighted by Crippen LogP contribution is 2.42. The van der Waals surface area contributed by atoms with Crippen molar-refractivity contribution in [3.05, 3.63) is 53.3 Å². The van der Waals surface area contributed by atoms with E-state index in [-0.39, 0.29) is 24.9 Å². The van der Waals surface area contributed by atoms with Crippen LogP contribution in [0.5, 0.6) is 5.75 Å². The van der Waals surface area contributed by atoms with Gasteiger partial charge in [-0.05, 0) is 24.3 Å². The van der Waals surface area contributed by atoms with E-state index in [1.807, 2.05) is 0 Å². The third-order valence-corrected chi connectivity index (χ3v) is 5.00. The van der Waals surface area contributed by atoms with Crippen molar-refractivity contribution in [2.45, 2.75) is 12.0 Å². The molecule has 6 nitrogen and oxygen atoms in total. The molecule has 2 N–H and O–H groups in total. The van der Waals surface area contributed by atoms with Gasteiger partial charge in [0.15, 0.2) is 6.04 Å². The second kappa shape index (κ2) is 7.62. The van der Waals surface area contributed by atoms with Crippen molar-refractivity contribution in [1.82, 2.24) is 10.3 Å². The van der Waals surface area contributed by atoms with Gasteiger partial charge in [0.2, 0.25) is 0 Å². The van der Waals surface area contributed by atoms with Gasteiger partial charge in [0.25, 0.3) is 6.02 Å². The van der Waals surface area contributed by atoms with Gasteiger partial charge in [-0.1, -0.05) is 23.7 Å². The lowest BCUT2D eigenvalue weighted by molar-refractivity contribution is -0.105. The highest BCUT2D eigenvalue weighted by atomic mass is 35.5. The summed E-state index contributed by atoms with van der Waals surface area (Å²) in [6.45, 7) is -2.30. The summed E-state index contributed by atoms with van der Waals surface area (Å²) < 4.78 is 53.2.